The highest BCUT2D eigenvalue weighted by atomic mass is 16.4. The van der Waals surface area contributed by atoms with Gasteiger partial charge in [-0.3, -0.25) is 4.79 Å². The first kappa shape index (κ1) is 17.1. The summed E-state index contributed by atoms with van der Waals surface area (Å²) in [4.78, 5) is 25.6. The van der Waals surface area contributed by atoms with Crippen LogP contribution < -0.4 is 5.32 Å². The van der Waals surface area contributed by atoms with Gasteiger partial charge in [-0.05, 0) is 37.0 Å². The van der Waals surface area contributed by atoms with E-state index in [4.69, 9.17) is 5.11 Å². The maximum atomic E-state index is 12.3. The molecule has 2 atom stereocenters. The summed E-state index contributed by atoms with van der Waals surface area (Å²) < 4.78 is 0. The van der Waals surface area contributed by atoms with E-state index in [9.17, 15) is 14.7 Å². The standard InChI is InChI=1S/C16H28N2O4/c1-15(2,6-4-8-19)10-17-14(22)18-9-12-5-3-7-16(12,11-18)13(20)21/h12,19H,3-11H2,1-2H3,(H,17,22)(H,20,21)/t12-,16+/m0/s1. The molecular formula is C16H28N2O4. The summed E-state index contributed by atoms with van der Waals surface area (Å²) in [6.07, 6.45) is 4.08. The molecular weight excluding hydrogens is 284 g/mol. The summed E-state index contributed by atoms with van der Waals surface area (Å²) in [5, 5.41) is 21.4. The minimum absolute atomic E-state index is 0.0710. The Balaban J connectivity index is 1.88. The molecule has 6 heteroatoms. The number of nitrogens with one attached hydrogen (secondary N) is 1. The highest BCUT2D eigenvalue weighted by Crippen LogP contribution is 2.48. The number of fused-ring (bicyclic) bond motifs is 1. The van der Waals surface area contributed by atoms with E-state index in [0.717, 1.165) is 25.7 Å². The Morgan fingerprint density at radius 2 is 2.14 bits per heavy atom. The maximum Gasteiger partial charge on any atom is 0.317 e. The zero-order valence-electron chi connectivity index (χ0n) is 13.6. The number of likely N-dealkylation sites (tertiary alicyclic amines) is 1. The van der Waals surface area contributed by atoms with Crippen LogP contribution in [0.3, 0.4) is 0 Å². The summed E-state index contributed by atoms with van der Waals surface area (Å²) in [5.41, 5.74) is -0.789. The Hall–Kier alpha value is -1.30. The van der Waals surface area contributed by atoms with Gasteiger partial charge in [0, 0.05) is 26.2 Å². The number of rotatable bonds is 6. The second-order valence-corrected chi connectivity index (χ2v) is 7.58. The smallest absolute Gasteiger partial charge is 0.317 e. The van der Waals surface area contributed by atoms with Crippen LogP contribution in [0.5, 0.6) is 0 Å². The number of aliphatic carboxylic acids is 1. The SMILES string of the molecule is CC(C)(CCCO)CNC(=O)N1C[C@@H]2CCC[C@@]2(C(=O)O)C1. The van der Waals surface area contributed by atoms with Crippen LogP contribution in [0, 0.1) is 16.7 Å². The highest BCUT2D eigenvalue weighted by molar-refractivity contribution is 5.80. The van der Waals surface area contributed by atoms with Gasteiger partial charge >= 0.3 is 12.0 Å². The van der Waals surface area contributed by atoms with Crippen molar-refractivity contribution in [2.75, 3.05) is 26.2 Å². The molecule has 2 aliphatic rings. The van der Waals surface area contributed by atoms with Crippen LogP contribution >= 0.6 is 0 Å². The molecule has 2 rings (SSSR count). The minimum Gasteiger partial charge on any atom is -0.481 e. The molecule has 0 radical (unpaired) electrons. The summed E-state index contributed by atoms with van der Waals surface area (Å²) in [6.45, 7) is 5.69. The van der Waals surface area contributed by atoms with Crippen LogP contribution in [0.1, 0.15) is 46.0 Å². The van der Waals surface area contributed by atoms with E-state index < -0.39 is 11.4 Å². The molecule has 0 unspecified atom stereocenters. The van der Waals surface area contributed by atoms with E-state index in [1.165, 1.54) is 0 Å². The number of carbonyl (C=O) groups excluding carboxylic acids is 1. The van der Waals surface area contributed by atoms with E-state index in [2.05, 4.69) is 19.2 Å². The van der Waals surface area contributed by atoms with Gasteiger partial charge in [-0.15, -0.1) is 0 Å². The monoisotopic (exact) mass is 312 g/mol. The number of nitrogens with zero attached hydrogens (tertiary/aromatic N) is 1. The van der Waals surface area contributed by atoms with Gasteiger partial charge in [-0.25, -0.2) is 4.79 Å². The van der Waals surface area contributed by atoms with Crippen molar-refractivity contribution in [2.24, 2.45) is 16.7 Å². The maximum absolute atomic E-state index is 12.3. The van der Waals surface area contributed by atoms with Crippen molar-refractivity contribution in [1.82, 2.24) is 10.2 Å². The molecule has 0 aromatic rings. The summed E-state index contributed by atoms with van der Waals surface area (Å²) in [7, 11) is 0. The average molecular weight is 312 g/mol. The van der Waals surface area contributed by atoms with Crippen molar-refractivity contribution < 1.29 is 19.8 Å². The second kappa shape index (κ2) is 6.44. The Morgan fingerprint density at radius 3 is 2.73 bits per heavy atom. The summed E-state index contributed by atoms with van der Waals surface area (Å²) in [6, 6.07) is -0.160. The van der Waals surface area contributed by atoms with Crippen molar-refractivity contribution in [1.29, 1.82) is 0 Å². The first-order valence-electron chi connectivity index (χ1n) is 8.18. The van der Waals surface area contributed by atoms with Gasteiger partial charge < -0.3 is 20.4 Å². The lowest BCUT2D eigenvalue weighted by Crippen LogP contribution is -2.44. The molecule has 1 saturated carbocycles. The first-order chi connectivity index (χ1) is 10.3. The van der Waals surface area contributed by atoms with Crippen LogP contribution in [-0.4, -0.2) is 53.4 Å². The third kappa shape index (κ3) is 3.37. The van der Waals surface area contributed by atoms with Gasteiger partial charge in [0.05, 0.1) is 5.41 Å². The molecule has 1 heterocycles. The number of urea groups is 1. The fraction of sp³-hybridized carbons (Fsp3) is 0.875. The van der Waals surface area contributed by atoms with E-state index in [0.29, 0.717) is 26.1 Å². The molecule has 0 spiro atoms. The average Bonchev–Trinajstić information content (AvgIpc) is 3.00. The van der Waals surface area contributed by atoms with Crippen LogP contribution in [0.4, 0.5) is 4.79 Å². The molecule has 0 bridgehead atoms. The molecule has 0 aromatic carbocycles. The molecule has 126 valence electrons. The Labute approximate surface area is 131 Å². The normalized spacial score (nSPS) is 27.8. The summed E-state index contributed by atoms with van der Waals surface area (Å²) in [5.74, 6) is -0.660. The number of aliphatic hydroxyl groups is 1. The fourth-order valence-electron chi connectivity index (χ4n) is 3.87. The second-order valence-electron chi connectivity index (χ2n) is 7.58. The van der Waals surface area contributed by atoms with E-state index in [1.54, 1.807) is 4.90 Å². The van der Waals surface area contributed by atoms with Crippen LogP contribution in [0.15, 0.2) is 0 Å². The predicted octanol–water partition coefficient (Wildman–Crippen LogP) is 1.68. The largest absolute Gasteiger partial charge is 0.481 e. The zero-order valence-corrected chi connectivity index (χ0v) is 13.6. The van der Waals surface area contributed by atoms with Crippen LogP contribution in [-0.2, 0) is 4.79 Å². The first-order valence-corrected chi connectivity index (χ1v) is 8.18. The predicted molar refractivity (Wildman–Crippen MR) is 82.5 cm³/mol. The van der Waals surface area contributed by atoms with Crippen molar-refractivity contribution in [3.63, 3.8) is 0 Å². The Kier molecular flexibility index (Phi) is 5.00. The van der Waals surface area contributed by atoms with E-state index >= 15 is 0 Å². The van der Waals surface area contributed by atoms with E-state index in [1.807, 2.05) is 0 Å². The zero-order chi connectivity index (χ0) is 16.4. The Morgan fingerprint density at radius 1 is 1.41 bits per heavy atom. The lowest BCUT2D eigenvalue weighted by molar-refractivity contribution is -0.149. The number of hydrogen-bond acceptors (Lipinski definition) is 3. The molecule has 2 fully saturated rings. The van der Waals surface area contributed by atoms with Crippen molar-refractivity contribution in [3.8, 4) is 0 Å². The van der Waals surface area contributed by atoms with Gasteiger partial charge in [-0.2, -0.15) is 0 Å². The number of amides is 2. The Bertz CT molecular complexity index is 438. The highest BCUT2D eigenvalue weighted by Gasteiger charge is 2.55. The topological polar surface area (TPSA) is 89.9 Å². The molecule has 0 aromatic heterocycles. The van der Waals surface area contributed by atoms with Crippen LogP contribution in [0.25, 0.3) is 0 Å². The quantitative estimate of drug-likeness (QED) is 0.696. The molecule has 1 aliphatic carbocycles. The van der Waals surface area contributed by atoms with Gasteiger partial charge in [0.25, 0.3) is 0 Å². The number of carboxylic acids is 1. The molecule has 1 aliphatic heterocycles. The number of carbonyl (C=O) groups is 2. The molecule has 6 nitrogen and oxygen atoms in total. The third-order valence-electron chi connectivity index (χ3n) is 5.31. The molecule has 22 heavy (non-hydrogen) atoms. The van der Waals surface area contributed by atoms with Crippen molar-refractivity contribution in [2.45, 2.75) is 46.0 Å². The lowest BCUT2D eigenvalue weighted by atomic mass is 9.81. The van der Waals surface area contributed by atoms with Gasteiger partial charge in [0.2, 0.25) is 0 Å². The molecule has 2 amide bonds. The van der Waals surface area contributed by atoms with Crippen molar-refractivity contribution >= 4 is 12.0 Å². The molecule has 1 saturated heterocycles. The van der Waals surface area contributed by atoms with Crippen LogP contribution in [0.2, 0.25) is 0 Å². The van der Waals surface area contributed by atoms with Crippen molar-refractivity contribution in [3.05, 3.63) is 0 Å². The number of carboxylic acid groups (broad SMARTS) is 1. The van der Waals surface area contributed by atoms with Gasteiger partial charge in [0.15, 0.2) is 0 Å². The van der Waals surface area contributed by atoms with E-state index in [-0.39, 0.29) is 24.0 Å². The molecule has 3 N–H and O–H groups in total. The fourth-order valence-corrected chi connectivity index (χ4v) is 3.87. The van der Waals surface area contributed by atoms with Gasteiger partial charge in [-0.1, -0.05) is 20.3 Å². The number of hydrogen-bond donors (Lipinski definition) is 3. The summed E-state index contributed by atoms with van der Waals surface area (Å²) >= 11 is 0. The van der Waals surface area contributed by atoms with Gasteiger partial charge in [0.1, 0.15) is 0 Å². The minimum atomic E-state index is -0.756. The third-order valence-corrected chi connectivity index (χ3v) is 5.31. The lowest BCUT2D eigenvalue weighted by Gasteiger charge is -2.27. The number of aliphatic hydroxyl groups excluding tert-OH is 1.